The van der Waals surface area contributed by atoms with E-state index in [9.17, 15) is 9.59 Å². The molecular weight excluding hydrogens is 256 g/mol. The highest BCUT2D eigenvalue weighted by atomic mass is 35.5. The number of carbonyl (C=O) groups excluding carboxylic acids is 2. The van der Waals surface area contributed by atoms with Crippen LogP contribution in [0.15, 0.2) is 0 Å². The molecule has 0 spiro atoms. The average molecular weight is 279 g/mol. The van der Waals surface area contributed by atoms with Crippen molar-refractivity contribution in [2.75, 3.05) is 13.2 Å². The highest BCUT2D eigenvalue weighted by molar-refractivity contribution is 5.85. The minimum atomic E-state index is -0.260. The van der Waals surface area contributed by atoms with E-state index in [-0.39, 0.29) is 49.7 Å². The van der Waals surface area contributed by atoms with Gasteiger partial charge in [0.25, 0.3) is 0 Å². The third kappa shape index (κ3) is 4.46. The molecule has 2 N–H and O–H groups in total. The molecule has 2 rings (SSSR count). The van der Waals surface area contributed by atoms with Gasteiger partial charge >= 0.3 is 5.97 Å². The van der Waals surface area contributed by atoms with Gasteiger partial charge in [-0.2, -0.15) is 0 Å². The third-order valence-electron chi connectivity index (χ3n) is 3.00. The summed E-state index contributed by atoms with van der Waals surface area (Å²) in [5, 5.41) is 6.03. The Bertz CT molecular complexity index is 295. The van der Waals surface area contributed by atoms with Crippen molar-refractivity contribution in [1.29, 1.82) is 0 Å². The van der Waals surface area contributed by atoms with Gasteiger partial charge in [0.05, 0.1) is 6.61 Å². The van der Waals surface area contributed by atoms with Gasteiger partial charge in [-0.25, -0.2) is 0 Å². The zero-order chi connectivity index (χ0) is 11.5. The Morgan fingerprint density at radius 2 is 2.06 bits per heavy atom. The van der Waals surface area contributed by atoms with Crippen molar-refractivity contribution in [3.8, 4) is 0 Å². The van der Waals surface area contributed by atoms with Crippen LogP contribution in [0.1, 0.15) is 33.6 Å². The second kappa shape index (κ2) is 7.59. The molecule has 0 bridgehead atoms. The van der Waals surface area contributed by atoms with Gasteiger partial charge in [-0.05, 0) is 26.2 Å². The van der Waals surface area contributed by atoms with Gasteiger partial charge in [-0.3, -0.25) is 9.59 Å². The number of rotatable bonds is 4. The molecule has 2 fully saturated rings. The Morgan fingerprint density at radius 1 is 1.39 bits per heavy atom. The predicted octanol–water partition coefficient (Wildman–Crippen LogP) is 0.864. The maximum Gasteiger partial charge on any atom is 0.323 e. The first kappa shape index (κ1) is 17.2. The van der Waals surface area contributed by atoms with Crippen molar-refractivity contribution in [3.63, 3.8) is 0 Å². The van der Waals surface area contributed by atoms with E-state index >= 15 is 0 Å². The van der Waals surface area contributed by atoms with Gasteiger partial charge in [-0.15, -0.1) is 12.4 Å². The van der Waals surface area contributed by atoms with Crippen molar-refractivity contribution >= 4 is 24.3 Å². The van der Waals surface area contributed by atoms with Gasteiger partial charge in [-0.1, -0.05) is 7.43 Å². The second-order valence-corrected chi connectivity index (χ2v) is 4.43. The SMILES string of the molecule is C.CCOC(=O)[C@@H]1C[C@@H](NC(=O)C2CC2)CN1.Cl. The second-order valence-electron chi connectivity index (χ2n) is 4.43. The molecule has 0 aromatic heterocycles. The van der Waals surface area contributed by atoms with E-state index in [0.717, 1.165) is 12.8 Å². The average Bonchev–Trinajstić information content (AvgIpc) is 3.00. The van der Waals surface area contributed by atoms with Crippen molar-refractivity contribution in [2.24, 2.45) is 5.92 Å². The molecule has 2 aliphatic rings. The number of esters is 1. The molecule has 1 amide bonds. The molecule has 0 aromatic carbocycles. The topological polar surface area (TPSA) is 67.4 Å². The van der Waals surface area contributed by atoms with Crippen LogP contribution in [0.4, 0.5) is 0 Å². The zero-order valence-corrected chi connectivity index (χ0v) is 10.7. The fraction of sp³-hybridized carbons (Fsp3) is 0.833. The van der Waals surface area contributed by atoms with Crippen LogP contribution in [-0.2, 0) is 14.3 Å². The number of ether oxygens (including phenoxy) is 1. The molecule has 5 nitrogen and oxygen atoms in total. The summed E-state index contributed by atoms with van der Waals surface area (Å²) in [6.07, 6.45) is 2.65. The van der Waals surface area contributed by atoms with Crippen molar-refractivity contribution in [3.05, 3.63) is 0 Å². The van der Waals surface area contributed by atoms with E-state index in [1.165, 1.54) is 0 Å². The Hall–Kier alpha value is -0.810. The predicted molar refractivity (Wildman–Crippen MR) is 71.7 cm³/mol. The molecule has 1 aliphatic heterocycles. The zero-order valence-electron chi connectivity index (χ0n) is 9.90. The summed E-state index contributed by atoms with van der Waals surface area (Å²) in [5.41, 5.74) is 0. The van der Waals surface area contributed by atoms with Crippen molar-refractivity contribution < 1.29 is 14.3 Å². The highest BCUT2D eigenvalue weighted by Gasteiger charge is 2.35. The highest BCUT2D eigenvalue weighted by Crippen LogP contribution is 2.29. The number of carbonyl (C=O) groups is 2. The molecule has 1 saturated heterocycles. The summed E-state index contributed by atoms with van der Waals surface area (Å²) in [5.74, 6) is 0.142. The van der Waals surface area contributed by atoms with Crippen LogP contribution in [0.25, 0.3) is 0 Å². The largest absolute Gasteiger partial charge is 0.465 e. The molecular formula is C12H23ClN2O3. The Kier molecular flexibility index (Phi) is 7.25. The van der Waals surface area contributed by atoms with Crippen LogP contribution < -0.4 is 10.6 Å². The first-order chi connectivity index (χ1) is 7.70. The van der Waals surface area contributed by atoms with Crippen LogP contribution in [0.5, 0.6) is 0 Å². The summed E-state index contributed by atoms with van der Waals surface area (Å²) >= 11 is 0. The Morgan fingerprint density at radius 3 is 2.61 bits per heavy atom. The quantitative estimate of drug-likeness (QED) is 0.749. The van der Waals surface area contributed by atoms with Gasteiger partial charge in [0.1, 0.15) is 6.04 Å². The maximum atomic E-state index is 11.5. The minimum Gasteiger partial charge on any atom is -0.465 e. The lowest BCUT2D eigenvalue weighted by Gasteiger charge is -2.11. The van der Waals surface area contributed by atoms with E-state index in [2.05, 4.69) is 10.6 Å². The molecule has 0 aromatic rings. The molecule has 2 atom stereocenters. The number of amides is 1. The van der Waals surface area contributed by atoms with Crippen LogP contribution in [0.3, 0.4) is 0 Å². The van der Waals surface area contributed by atoms with Gasteiger partial charge in [0.15, 0.2) is 0 Å². The standard InChI is InChI=1S/C11H18N2O3.CH4.ClH/c1-2-16-11(15)9-5-8(6-12-9)13-10(14)7-3-4-7;;/h7-9,12H,2-6H2,1H3,(H,13,14);1H4;1H/t8-,9+;;/m1../s1. The molecule has 1 aliphatic carbocycles. The molecule has 106 valence electrons. The summed E-state index contributed by atoms with van der Waals surface area (Å²) in [7, 11) is 0. The monoisotopic (exact) mass is 278 g/mol. The molecule has 1 saturated carbocycles. The van der Waals surface area contributed by atoms with Gasteiger partial charge < -0.3 is 15.4 Å². The lowest BCUT2D eigenvalue weighted by atomic mass is 10.1. The Balaban J connectivity index is 0.00000144. The first-order valence-electron chi connectivity index (χ1n) is 5.91. The van der Waals surface area contributed by atoms with E-state index in [4.69, 9.17) is 4.74 Å². The van der Waals surface area contributed by atoms with Gasteiger partial charge in [0, 0.05) is 18.5 Å². The minimum absolute atomic E-state index is 0. The van der Waals surface area contributed by atoms with Crippen LogP contribution in [0, 0.1) is 5.92 Å². The van der Waals surface area contributed by atoms with E-state index < -0.39 is 0 Å². The third-order valence-corrected chi connectivity index (χ3v) is 3.00. The lowest BCUT2D eigenvalue weighted by Crippen LogP contribution is -2.37. The number of hydrogen-bond acceptors (Lipinski definition) is 4. The fourth-order valence-electron chi connectivity index (χ4n) is 1.93. The van der Waals surface area contributed by atoms with E-state index in [1.54, 1.807) is 6.92 Å². The summed E-state index contributed by atoms with van der Waals surface area (Å²) in [6.45, 7) is 2.84. The molecule has 0 unspecified atom stereocenters. The van der Waals surface area contributed by atoms with E-state index in [1.807, 2.05) is 0 Å². The van der Waals surface area contributed by atoms with Crippen molar-refractivity contribution in [2.45, 2.75) is 45.7 Å². The molecule has 1 heterocycles. The molecule has 6 heteroatoms. The Labute approximate surface area is 114 Å². The summed E-state index contributed by atoms with van der Waals surface area (Å²) in [6, 6.07) is -0.188. The van der Waals surface area contributed by atoms with Crippen LogP contribution in [-0.4, -0.2) is 37.1 Å². The van der Waals surface area contributed by atoms with Gasteiger partial charge in [0.2, 0.25) is 5.91 Å². The summed E-state index contributed by atoms with van der Waals surface area (Å²) < 4.78 is 4.92. The van der Waals surface area contributed by atoms with Crippen LogP contribution in [0.2, 0.25) is 0 Å². The number of hydrogen-bond donors (Lipinski definition) is 2. The van der Waals surface area contributed by atoms with E-state index in [0.29, 0.717) is 19.6 Å². The van der Waals surface area contributed by atoms with Crippen molar-refractivity contribution in [1.82, 2.24) is 10.6 Å². The lowest BCUT2D eigenvalue weighted by molar-refractivity contribution is -0.145. The number of halogens is 1. The summed E-state index contributed by atoms with van der Waals surface area (Å²) in [4.78, 5) is 22.9. The maximum absolute atomic E-state index is 11.5. The molecule has 18 heavy (non-hydrogen) atoms. The van der Waals surface area contributed by atoms with Crippen LogP contribution >= 0.6 is 12.4 Å². The first-order valence-corrected chi connectivity index (χ1v) is 5.91. The smallest absolute Gasteiger partial charge is 0.323 e. The molecule has 0 radical (unpaired) electrons. The number of nitrogens with one attached hydrogen (secondary N) is 2. The fourth-order valence-corrected chi connectivity index (χ4v) is 1.93. The normalized spacial score (nSPS) is 25.6.